The van der Waals surface area contributed by atoms with E-state index in [0.717, 1.165) is 23.2 Å². The number of fused-ring (bicyclic) bond motifs is 1. The van der Waals surface area contributed by atoms with Gasteiger partial charge in [0.05, 0.1) is 16.8 Å². The second kappa shape index (κ2) is 6.79. The topological polar surface area (TPSA) is 49.0 Å². The molecule has 7 heteroatoms. The summed E-state index contributed by atoms with van der Waals surface area (Å²) in [6, 6.07) is 7.94. The molecule has 2 heterocycles. The van der Waals surface area contributed by atoms with Crippen LogP contribution in [0.15, 0.2) is 30.4 Å². The number of hydrogen-bond acceptors (Lipinski definition) is 5. The van der Waals surface area contributed by atoms with Crippen LogP contribution in [0.25, 0.3) is 10.9 Å². The number of aromatic nitrogens is 1. The van der Waals surface area contributed by atoms with Crippen LogP contribution in [0.2, 0.25) is 0 Å². The molecule has 0 saturated carbocycles. The Morgan fingerprint density at radius 1 is 1.48 bits per heavy atom. The number of Topliss-reactive ketones (excluding diaryl/α,β-unsaturated/α-hetero) is 1. The molecular formula is C16H14IN3OS2. The average molecular weight is 455 g/mol. The molecule has 0 bridgehead atoms. The van der Waals surface area contributed by atoms with Crippen molar-refractivity contribution in [1.82, 2.24) is 3.97 Å². The number of halogens is 1. The highest BCUT2D eigenvalue weighted by atomic mass is 127. The first-order chi connectivity index (χ1) is 11.1. The molecule has 1 aliphatic heterocycles. The molecule has 23 heavy (non-hydrogen) atoms. The van der Waals surface area contributed by atoms with Crippen LogP contribution in [-0.4, -0.2) is 22.1 Å². The Balaban J connectivity index is 2.17. The van der Waals surface area contributed by atoms with E-state index >= 15 is 0 Å². The highest BCUT2D eigenvalue weighted by Crippen LogP contribution is 2.37. The molecule has 2 aromatic rings. The largest absolute Gasteiger partial charge is 0.316 e. The molecule has 0 atom stereocenters. The van der Waals surface area contributed by atoms with Crippen LogP contribution < -0.4 is 4.31 Å². The summed E-state index contributed by atoms with van der Waals surface area (Å²) in [5, 5.41) is 9.95. The van der Waals surface area contributed by atoms with Gasteiger partial charge >= 0.3 is 0 Å². The van der Waals surface area contributed by atoms with E-state index in [4.69, 9.17) is 5.26 Å². The summed E-state index contributed by atoms with van der Waals surface area (Å²) in [5.74, 6) is 0.827. The lowest BCUT2D eigenvalue weighted by molar-refractivity contribution is 0.103. The van der Waals surface area contributed by atoms with Gasteiger partial charge in [0.2, 0.25) is 5.78 Å². The van der Waals surface area contributed by atoms with Gasteiger partial charge in [-0.2, -0.15) is 5.26 Å². The summed E-state index contributed by atoms with van der Waals surface area (Å²) in [6.45, 7) is 6.69. The van der Waals surface area contributed by atoms with Crippen LogP contribution in [0.3, 0.4) is 0 Å². The average Bonchev–Trinajstić information content (AvgIpc) is 3.19. The first-order valence-electron chi connectivity index (χ1n) is 7.06. The van der Waals surface area contributed by atoms with Crippen LogP contribution in [0.5, 0.6) is 0 Å². The molecule has 0 spiro atoms. The predicted octanol–water partition coefficient (Wildman–Crippen LogP) is 4.92. The van der Waals surface area contributed by atoms with Gasteiger partial charge in [-0.25, -0.2) is 0 Å². The number of nitriles is 1. The van der Waals surface area contributed by atoms with E-state index in [-0.39, 0.29) is 11.4 Å². The summed E-state index contributed by atoms with van der Waals surface area (Å²) < 4.78 is 4.20. The normalized spacial score (nSPS) is 14.2. The number of carbonyl (C=O) groups is 1. The van der Waals surface area contributed by atoms with Crippen molar-refractivity contribution in [3.63, 3.8) is 0 Å². The summed E-state index contributed by atoms with van der Waals surface area (Å²) >= 11 is 4.00. The van der Waals surface area contributed by atoms with Crippen LogP contribution in [0.4, 0.5) is 5.69 Å². The zero-order chi connectivity index (χ0) is 16.6. The van der Waals surface area contributed by atoms with Gasteiger partial charge in [0.15, 0.2) is 0 Å². The molecule has 4 nitrogen and oxygen atoms in total. The fraction of sp³-hybridized carbons (Fsp3) is 0.250. The fourth-order valence-corrected chi connectivity index (χ4v) is 5.47. The number of carbonyl (C=O) groups excluding carboxylic acids is 1. The van der Waals surface area contributed by atoms with Gasteiger partial charge in [-0.05, 0) is 49.1 Å². The van der Waals surface area contributed by atoms with Crippen molar-refractivity contribution in [2.45, 2.75) is 13.3 Å². The Bertz CT molecular complexity index is 847. The molecule has 1 aromatic heterocycles. The number of nitrogens with zero attached hydrogens (tertiary/aromatic N) is 3. The van der Waals surface area contributed by atoms with E-state index < -0.39 is 0 Å². The molecule has 1 aromatic carbocycles. The summed E-state index contributed by atoms with van der Waals surface area (Å²) in [7, 11) is 1.43. The predicted molar refractivity (Wildman–Crippen MR) is 107 cm³/mol. The van der Waals surface area contributed by atoms with Crippen LogP contribution in [0.1, 0.15) is 22.5 Å². The molecule has 1 aliphatic rings. The number of ketones is 1. The number of anilines is 1. The Morgan fingerprint density at radius 3 is 2.87 bits per heavy atom. The molecule has 0 aliphatic carbocycles. The maximum absolute atomic E-state index is 12.4. The van der Waals surface area contributed by atoms with E-state index in [1.165, 1.54) is 26.8 Å². The number of aryl methyl sites for hydroxylation is 1. The fourth-order valence-electron chi connectivity index (χ4n) is 2.68. The third-order valence-electron chi connectivity index (χ3n) is 3.81. The quantitative estimate of drug-likeness (QED) is 0.216. The Hall–Kier alpha value is -1.11. The van der Waals surface area contributed by atoms with Gasteiger partial charge in [0.1, 0.15) is 11.8 Å². The number of benzene rings is 1. The molecule has 0 unspecified atom stereocenters. The lowest BCUT2D eigenvalue weighted by Crippen LogP contribution is -2.10. The maximum Gasteiger partial charge on any atom is 0.220 e. The van der Waals surface area contributed by atoms with Crippen molar-refractivity contribution in [3.8, 4) is 6.07 Å². The van der Waals surface area contributed by atoms with Crippen molar-refractivity contribution in [1.29, 1.82) is 5.26 Å². The van der Waals surface area contributed by atoms with Gasteiger partial charge in [-0.3, -0.25) is 8.77 Å². The lowest BCUT2D eigenvalue weighted by atomic mass is 10.1. The minimum absolute atomic E-state index is 0.0356. The molecule has 0 radical (unpaired) electrons. The van der Waals surface area contributed by atoms with Gasteiger partial charge in [-0.15, -0.1) is 0 Å². The van der Waals surface area contributed by atoms with Crippen molar-refractivity contribution in [2.24, 2.45) is 0 Å². The van der Waals surface area contributed by atoms with Gasteiger partial charge in [-0.1, -0.05) is 6.58 Å². The first-order valence-corrected chi connectivity index (χ1v) is 11.3. The summed E-state index contributed by atoms with van der Waals surface area (Å²) in [5.41, 5.74) is 3.85. The molecule has 118 valence electrons. The lowest BCUT2D eigenvalue weighted by Gasteiger charge is -2.19. The molecule has 0 amide bonds. The molecular weight excluding hydrogens is 441 g/mol. The van der Waals surface area contributed by atoms with E-state index in [2.05, 4.69) is 51.1 Å². The highest BCUT2D eigenvalue weighted by molar-refractivity contribution is 14.2. The second-order valence-electron chi connectivity index (χ2n) is 5.30. The number of allylic oxidation sites excluding steroid dienone is 1. The Labute approximate surface area is 155 Å². The van der Waals surface area contributed by atoms with Crippen molar-refractivity contribution in [2.75, 3.05) is 16.6 Å². The third-order valence-corrected chi connectivity index (χ3v) is 6.68. The zero-order valence-electron chi connectivity index (χ0n) is 12.5. The monoisotopic (exact) mass is 455 g/mol. The standard InChI is InChI=1S/C16H14IN3OS2/c1-10-6-12-7-15(16(21)11(2)9-18)20(23-17)14(12)8-13(10)19-4-3-5-22-19/h6-8H,2-5H2,1H3. The highest BCUT2D eigenvalue weighted by Gasteiger charge is 2.21. The summed E-state index contributed by atoms with van der Waals surface area (Å²) in [6.07, 6.45) is 1.19. The van der Waals surface area contributed by atoms with Gasteiger partial charge in [0, 0.05) is 48.0 Å². The van der Waals surface area contributed by atoms with E-state index in [9.17, 15) is 4.79 Å². The minimum Gasteiger partial charge on any atom is -0.316 e. The van der Waals surface area contributed by atoms with Crippen molar-refractivity contribution < 1.29 is 4.79 Å². The van der Waals surface area contributed by atoms with Crippen LogP contribution in [-0.2, 0) is 0 Å². The SMILES string of the molecule is C=C(C#N)C(=O)c1cc2cc(C)c(N3CCCS3)cc2n1SI. The maximum atomic E-state index is 12.4. The van der Waals surface area contributed by atoms with E-state index in [1.807, 2.05) is 28.1 Å². The Morgan fingerprint density at radius 2 is 2.26 bits per heavy atom. The Kier molecular flexibility index (Phi) is 4.94. The molecule has 1 fully saturated rings. The third kappa shape index (κ3) is 2.99. The van der Waals surface area contributed by atoms with Gasteiger partial charge in [0.25, 0.3) is 0 Å². The van der Waals surface area contributed by atoms with Crippen LogP contribution >= 0.6 is 42.3 Å². The molecule has 0 N–H and O–H groups in total. The molecule has 3 rings (SSSR count). The zero-order valence-corrected chi connectivity index (χ0v) is 16.3. The number of rotatable bonds is 4. The summed E-state index contributed by atoms with van der Waals surface area (Å²) in [4.78, 5) is 12.4. The van der Waals surface area contributed by atoms with E-state index in [0.29, 0.717) is 5.69 Å². The smallest absolute Gasteiger partial charge is 0.220 e. The van der Waals surface area contributed by atoms with Crippen molar-refractivity contribution >= 4 is 64.6 Å². The first kappa shape index (κ1) is 16.7. The number of hydrogen-bond donors (Lipinski definition) is 0. The second-order valence-corrected chi connectivity index (χ2v) is 8.09. The van der Waals surface area contributed by atoms with Gasteiger partial charge < -0.3 is 4.31 Å². The molecule has 1 saturated heterocycles. The minimum atomic E-state index is -0.317. The van der Waals surface area contributed by atoms with E-state index in [1.54, 1.807) is 0 Å². The van der Waals surface area contributed by atoms with Crippen molar-refractivity contribution in [3.05, 3.63) is 41.6 Å². The van der Waals surface area contributed by atoms with Crippen LogP contribution in [0, 0.1) is 18.3 Å².